The predicted octanol–water partition coefficient (Wildman–Crippen LogP) is 3.91. The number of rotatable bonds is 8. The van der Waals surface area contributed by atoms with Crippen LogP contribution in [0.15, 0.2) is 66.7 Å². The minimum Gasteiger partial charge on any atom is -0.488 e. The molecule has 11 heteroatoms. The van der Waals surface area contributed by atoms with Crippen LogP contribution in [0.5, 0.6) is 17.2 Å². The van der Waals surface area contributed by atoms with E-state index < -0.39 is 12.1 Å². The van der Waals surface area contributed by atoms with Crippen molar-refractivity contribution in [2.45, 2.75) is 38.8 Å². The molecule has 0 unspecified atom stereocenters. The first kappa shape index (κ1) is 30.7. The predicted molar refractivity (Wildman–Crippen MR) is 165 cm³/mol. The Morgan fingerprint density at radius 3 is 2.45 bits per heavy atom. The fourth-order valence-corrected chi connectivity index (χ4v) is 5.26. The van der Waals surface area contributed by atoms with Gasteiger partial charge in [0, 0.05) is 42.5 Å². The number of hydrogen-bond donors (Lipinski definition) is 3. The fraction of sp³-hybridized carbons (Fsp3) is 0.364. The molecule has 3 atom stereocenters. The van der Waals surface area contributed by atoms with Crippen molar-refractivity contribution in [2.24, 2.45) is 5.92 Å². The summed E-state index contributed by atoms with van der Waals surface area (Å²) in [5.74, 6) is 1.16. The summed E-state index contributed by atoms with van der Waals surface area (Å²) in [7, 11) is 1.68. The van der Waals surface area contributed by atoms with Crippen molar-refractivity contribution < 1.29 is 33.7 Å². The summed E-state index contributed by atoms with van der Waals surface area (Å²) >= 11 is 0. The molecule has 5 rings (SSSR count). The molecule has 0 radical (unpaired) electrons. The van der Waals surface area contributed by atoms with Crippen LogP contribution >= 0.6 is 0 Å². The van der Waals surface area contributed by atoms with Gasteiger partial charge in [-0.15, -0.1) is 0 Å². The molecular formula is C33H38N4O7. The van der Waals surface area contributed by atoms with E-state index in [1.807, 2.05) is 37.3 Å². The number of carbonyl (C=O) groups excluding carboxylic acids is 3. The zero-order valence-corrected chi connectivity index (χ0v) is 25.1. The lowest BCUT2D eigenvalue weighted by molar-refractivity contribution is -0.134. The van der Waals surface area contributed by atoms with E-state index in [0.717, 1.165) is 5.56 Å². The molecule has 0 aromatic heterocycles. The number of urea groups is 1. The van der Waals surface area contributed by atoms with Gasteiger partial charge in [-0.05, 0) is 42.8 Å². The van der Waals surface area contributed by atoms with E-state index in [9.17, 15) is 19.5 Å². The van der Waals surface area contributed by atoms with Crippen LogP contribution in [0, 0.1) is 5.92 Å². The van der Waals surface area contributed by atoms with Crippen LogP contribution in [0.1, 0.15) is 25.0 Å². The Morgan fingerprint density at radius 2 is 1.70 bits per heavy atom. The van der Waals surface area contributed by atoms with E-state index in [1.54, 1.807) is 55.3 Å². The van der Waals surface area contributed by atoms with Crippen molar-refractivity contribution in [1.82, 2.24) is 9.80 Å². The maximum absolute atomic E-state index is 13.5. The van der Waals surface area contributed by atoms with Gasteiger partial charge >= 0.3 is 6.03 Å². The smallest absolute Gasteiger partial charge is 0.321 e. The topological polar surface area (TPSA) is 130 Å². The lowest BCUT2D eigenvalue weighted by atomic mass is 10.0. The first-order valence-corrected chi connectivity index (χ1v) is 14.7. The van der Waals surface area contributed by atoms with Gasteiger partial charge in [-0.3, -0.25) is 9.59 Å². The monoisotopic (exact) mass is 602 g/mol. The summed E-state index contributed by atoms with van der Waals surface area (Å²) in [5.41, 5.74) is 2.61. The van der Waals surface area contributed by atoms with Gasteiger partial charge in [0.05, 0.1) is 32.0 Å². The number of ether oxygens (including phenoxy) is 3. The summed E-state index contributed by atoms with van der Waals surface area (Å²) in [5, 5.41) is 15.7. The maximum Gasteiger partial charge on any atom is 0.321 e. The van der Waals surface area contributed by atoms with Crippen LogP contribution in [0.4, 0.5) is 16.2 Å². The van der Waals surface area contributed by atoms with E-state index in [-0.39, 0.29) is 56.5 Å². The van der Waals surface area contributed by atoms with Crippen molar-refractivity contribution in [3.05, 3.63) is 77.9 Å². The fourth-order valence-electron chi connectivity index (χ4n) is 5.26. The summed E-state index contributed by atoms with van der Waals surface area (Å²) in [4.78, 5) is 42.6. The number of fused-ring (bicyclic) bond motifs is 2. The molecule has 11 nitrogen and oxygen atoms in total. The van der Waals surface area contributed by atoms with E-state index in [0.29, 0.717) is 40.7 Å². The van der Waals surface area contributed by atoms with E-state index in [2.05, 4.69) is 10.6 Å². The Morgan fingerprint density at radius 1 is 1.00 bits per heavy atom. The molecule has 0 fully saturated rings. The van der Waals surface area contributed by atoms with Gasteiger partial charge < -0.3 is 39.8 Å². The molecule has 3 aromatic carbocycles. The first-order chi connectivity index (χ1) is 21.2. The van der Waals surface area contributed by atoms with Gasteiger partial charge in [-0.2, -0.15) is 0 Å². The lowest BCUT2D eigenvalue weighted by Gasteiger charge is -2.34. The second-order valence-corrected chi connectivity index (χ2v) is 11.3. The molecule has 232 valence electrons. The summed E-state index contributed by atoms with van der Waals surface area (Å²) in [6.07, 6.45) is -0.240. The van der Waals surface area contributed by atoms with E-state index in [1.165, 1.54) is 4.90 Å². The van der Waals surface area contributed by atoms with Gasteiger partial charge in [0.2, 0.25) is 18.6 Å². The highest BCUT2D eigenvalue weighted by atomic mass is 16.7. The third kappa shape index (κ3) is 7.41. The Bertz CT molecular complexity index is 1500. The molecule has 0 bridgehead atoms. The van der Waals surface area contributed by atoms with Crippen molar-refractivity contribution in [1.29, 1.82) is 0 Å². The highest BCUT2D eigenvalue weighted by molar-refractivity contribution is 5.93. The Balaban J connectivity index is 1.34. The van der Waals surface area contributed by atoms with Crippen LogP contribution in [-0.2, 0) is 22.4 Å². The minimum atomic E-state index is -0.487. The number of nitrogens with zero attached hydrogens (tertiary/aromatic N) is 2. The molecule has 44 heavy (non-hydrogen) atoms. The molecule has 3 N–H and O–H groups in total. The summed E-state index contributed by atoms with van der Waals surface area (Å²) in [6, 6.07) is 19.1. The van der Waals surface area contributed by atoms with Crippen LogP contribution in [0.3, 0.4) is 0 Å². The van der Waals surface area contributed by atoms with E-state index in [4.69, 9.17) is 14.2 Å². The Hall–Kier alpha value is -4.77. The van der Waals surface area contributed by atoms with Gasteiger partial charge in [0.25, 0.3) is 0 Å². The molecule has 2 aliphatic heterocycles. The quantitative estimate of drug-likeness (QED) is 0.357. The standard InChI is InChI=1S/C33H38N4O7/c1-21-17-37(22(2)19-38)32(40)15-24-14-25(34-31(39)13-23-7-5-4-6-8-23)9-11-27(24)44-30(21)18-36(3)33(41)35-26-10-12-28-29(16-26)43-20-42-28/h4-12,14,16,21-22,30,38H,13,15,17-20H2,1-3H3,(H,34,39)(H,35,41)/t21-,22-,30-/m1/s1. The first-order valence-electron chi connectivity index (χ1n) is 14.7. The molecular weight excluding hydrogens is 564 g/mol. The largest absolute Gasteiger partial charge is 0.488 e. The van der Waals surface area contributed by atoms with Gasteiger partial charge in [0.1, 0.15) is 11.9 Å². The number of nitrogens with one attached hydrogen (secondary N) is 2. The molecule has 0 spiro atoms. The number of carbonyl (C=O) groups is 3. The van der Waals surface area contributed by atoms with Gasteiger partial charge in [-0.25, -0.2) is 4.79 Å². The van der Waals surface area contributed by atoms with Crippen LogP contribution in [-0.4, -0.2) is 78.4 Å². The van der Waals surface area contributed by atoms with Gasteiger partial charge in [0.15, 0.2) is 11.5 Å². The van der Waals surface area contributed by atoms with Crippen molar-refractivity contribution in [2.75, 3.05) is 44.2 Å². The lowest BCUT2D eigenvalue weighted by Crippen LogP contribution is -2.48. The number of likely N-dealkylation sites (N-methyl/N-ethyl adjacent to an activating group) is 1. The highest BCUT2D eigenvalue weighted by Crippen LogP contribution is 2.34. The molecule has 2 aliphatic rings. The Kier molecular flexibility index (Phi) is 9.54. The Labute approximate surface area is 256 Å². The molecule has 0 saturated carbocycles. The molecule has 3 aromatic rings. The number of aliphatic hydroxyl groups excluding tert-OH is 1. The molecule has 0 saturated heterocycles. The third-order valence-corrected chi connectivity index (χ3v) is 7.83. The van der Waals surface area contributed by atoms with E-state index >= 15 is 0 Å². The minimum absolute atomic E-state index is 0.0297. The van der Waals surface area contributed by atoms with Crippen LogP contribution < -0.4 is 24.8 Å². The number of aliphatic hydroxyl groups is 1. The number of amides is 4. The van der Waals surface area contributed by atoms with Crippen LogP contribution in [0.25, 0.3) is 0 Å². The highest BCUT2D eigenvalue weighted by Gasteiger charge is 2.32. The number of benzene rings is 3. The van der Waals surface area contributed by atoms with Crippen molar-refractivity contribution >= 4 is 29.2 Å². The zero-order valence-electron chi connectivity index (χ0n) is 25.1. The molecule has 2 heterocycles. The summed E-state index contributed by atoms with van der Waals surface area (Å²) < 4.78 is 17.3. The number of anilines is 2. The SMILES string of the molecule is C[C@@H]1CN([C@H](C)CO)C(=O)Cc2cc(NC(=O)Cc3ccccc3)ccc2O[C@@H]1CN(C)C(=O)Nc1ccc2c(c1)OCO2. The summed E-state index contributed by atoms with van der Waals surface area (Å²) in [6.45, 7) is 4.26. The maximum atomic E-state index is 13.5. The average molecular weight is 603 g/mol. The zero-order chi connectivity index (χ0) is 31.2. The second kappa shape index (κ2) is 13.7. The molecule has 0 aliphatic carbocycles. The van der Waals surface area contributed by atoms with Crippen LogP contribution in [0.2, 0.25) is 0 Å². The third-order valence-electron chi connectivity index (χ3n) is 7.83. The normalized spacial score (nSPS) is 18.2. The number of hydrogen-bond acceptors (Lipinski definition) is 7. The second-order valence-electron chi connectivity index (χ2n) is 11.3. The molecule has 4 amide bonds. The average Bonchev–Trinajstić information content (AvgIpc) is 3.49. The van der Waals surface area contributed by atoms with Crippen molar-refractivity contribution in [3.8, 4) is 17.2 Å². The van der Waals surface area contributed by atoms with Gasteiger partial charge in [-0.1, -0.05) is 37.3 Å². The van der Waals surface area contributed by atoms with Crippen molar-refractivity contribution in [3.63, 3.8) is 0 Å².